The van der Waals surface area contributed by atoms with Gasteiger partial charge in [-0.1, -0.05) is 6.07 Å². The lowest BCUT2D eigenvalue weighted by Crippen LogP contribution is -2.08. The van der Waals surface area contributed by atoms with E-state index >= 15 is 0 Å². The number of aryl methyl sites for hydroxylation is 1. The van der Waals surface area contributed by atoms with Crippen molar-refractivity contribution >= 4 is 0 Å². The first kappa shape index (κ1) is 7.62. The van der Waals surface area contributed by atoms with Crippen LogP contribution < -0.4 is 5.73 Å². The molecule has 1 aromatic carbocycles. The Balaban J connectivity index is 2.40. The number of phenolic OH excluding ortho intramolecular Hbond substituents is 1. The van der Waals surface area contributed by atoms with Crippen LogP contribution in [0, 0.1) is 0 Å². The van der Waals surface area contributed by atoms with Gasteiger partial charge < -0.3 is 10.8 Å². The summed E-state index contributed by atoms with van der Waals surface area (Å²) in [6, 6.07) is 5.59. The van der Waals surface area contributed by atoms with Crippen molar-refractivity contribution in [3.8, 4) is 5.75 Å². The number of rotatable bonds is 1. The fourth-order valence-electron chi connectivity index (χ4n) is 1.94. The van der Waals surface area contributed by atoms with Crippen molar-refractivity contribution in [2.45, 2.75) is 18.8 Å². The molecule has 0 radical (unpaired) electrons. The van der Waals surface area contributed by atoms with Gasteiger partial charge in [-0.25, -0.2) is 0 Å². The van der Waals surface area contributed by atoms with Crippen LogP contribution in [0.25, 0.3) is 0 Å². The lowest BCUT2D eigenvalue weighted by Gasteiger charge is -2.07. The third-order valence-corrected chi connectivity index (χ3v) is 2.61. The molecule has 0 saturated carbocycles. The van der Waals surface area contributed by atoms with E-state index in [9.17, 15) is 5.11 Å². The molecule has 0 aromatic heterocycles. The Morgan fingerprint density at radius 3 is 3.08 bits per heavy atom. The van der Waals surface area contributed by atoms with Crippen LogP contribution in [-0.2, 0) is 6.42 Å². The van der Waals surface area contributed by atoms with Gasteiger partial charge in [-0.2, -0.15) is 0 Å². The summed E-state index contributed by atoms with van der Waals surface area (Å²) in [5, 5.41) is 9.22. The Morgan fingerprint density at radius 2 is 2.33 bits per heavy atom. The molecular formula is C10H13NO. The highest BCUT2D eigenvalue weighted by molar-refractivity contribution is 5.40. The van der Waals surface area contributed by atoms with E-state index in [0.29, 0.717) is 11.7 Å². The predicted molar refractivity (Wildman–Crippen MR) is 48.2 cm³/mol. The zero-order valence-corrected chi connectivity index (χ0v) is 6.96. The Bertz CT molecular complexity index is 296. The molecule has 1 atom stereocenters. The molecule has 0 spiro atoms. The highest BCUT2D eigenvalue weighted by Crippen LogP contribution is 2.33. The third-order valence-electron chi connectivity index (χ3n) is 2.61. The van der Waals surface area contributed by atoms with Gasteiger partial charge in [0.2, 0.25) is 0 Å². The average Bonchev–Trinajstić information content (AvgIpc) is 2.46. The molecule has 12 heavy (non-hydrogen) atoms. The molecule has 2 nitrogen and oxygen atoms in total. The van der Waals surface area contributed by atoms with E-state index in [-0.39, 0.29) is 0 Å². The number of aromatic hydroxyl groups is 1. The van der Waals surface area contributed by atoms with Crippen LogP contribution in [0.15, 0.2) is 18.2 Å². The minimum absolute atomic E-state index is 0.367. The van der Waals surface area contributed by atoms with E-state index in [2.05, 4.69) is 0 Å². The third kappa shape index (κ3) is 1.08. The Kier molecular flexibility index (Phi) is 1.77. The van der Waals surface area contributed by atoms with Crippen LogP contribution in [0.2, 0.25) is 0 Å². The lowest BCUT2D eigenvalue weighted by molar-refractivity contribution is 0.474. The fraction of sp³-hybridized carbons (Fsp3) is 0.400. The molecule has 0 amide bonds. The van der Waals surface area contributed by atoms with Gasteiger partial charge in [0.15, 0.2) is 0 Å². The van der Waals surface area contributed by atoms with Crippen molar-refractivity contribution in [1.29, 1.82) is 0 Å². The van der Waals surface area contributed by atoms with E-state index in [1.165, 1.54) is 11.1 Å². The van der Waals surface area contributed by atoms with E-state index < -0.39 is 0 Å². The summed E-state index contributed by atoms with van der Waals surface area (Å²) >= 11 is 0. The molecule has 2 rings (SSSR count). The van der Waals surface area contributed by atoms with Gasteiger partial charge in [0.05, 0.1) is 0 Å². The quantitative estimate of drug-likeness (QED) is 0.657. The van der Waals surface area contributed by atoms with Crippen LogP contribution in [-0.4, -0.2) is 11.7 Å². The molecule has 3 N–H and O–H groups in total. The predicted octanol–water partition coefficient (Wildman–Crippen LogP) is 1.38. The maximum atomic E-state index is 9.22. The van der Waals surface area contributed by atoms with Crippen LogP contribution in [0.3, 0.4) is 0 Å². The zero-order chi connectivity index (χ0) is 8.55. The number of hydrogen-bond donors (Lipinski definition) is 2. The molecule has 2 heteroatoms. The summed E-state index contributed by atoms with van der Waals surface area (Å²) in [7, 11) is 0. The molecule has 0 bridgehead atoms. The molecular weight excluding hydrogens is 150 g/mol. The van der Waals surface area contributed by atoms with Crippen LogP contribution in [0.5, 0.6) is 5.75 Å². The van der Waals surface area contributed by atoms with Crippen molar-refractivity contribution in [3.63, 3.8) is 0 Å². The first-order valence-electron chi connectivity index (χ1n) is 4.33. The largest absolute Gasteiger partial charge is 0.508 e. The topological polar surface area (TPSA) is 46.2 Å². The summed E-state index contributed by atoms with van der Waals surface area (Å²) in [5.74, 6) is 0.882. The zero-order valence-electron chi connectivity index (χ0n) is 6.96. The van der Waals surface area contributed by atoms with Crippen molar-refractivity contribution in [3.05, 3.63) is 29.3 Å². The summed E-state index contributed by atoms with van der Waals surface area (Å²) in [5.41, 5.74) is 8.22. The molecule has 0 heterocycles. The maximum Gasteiger partial charge on any atom is 0.115 e. The summed E-state index contributed by atoms with van der Waals surface area (Å²) in [6.07, 6.45) is 2.20. The number of fused-ring (bicyclic) bond motifs is 1. The van der Waals surface area contributed by atoms with Crippen molar-refractivity contribution in [2.24, 2.45) is 5.73 Å². The number of nitrogens with two attached hydrogens (primary N) is 1. The van der Waals surface area contributed by atoms with E-state index in [4.69, 9.17) is 5.73 Å². The van der Waals surface area contributed by atoms with Gasteiger partial charge in [-0.05, 0) is 48.6 Å². The van der Waals surface area contributed by atoms with Gasteiger partial charge in [-0.15, -0.1) is 0 Å². The standard InChI is InChI=1S/C10H13NO/c11-6-8-2-1-7-5-9(12)3-4-10(7)8/h3-5,8,12H,1-2,6,11H2. The smallest absolute Gasteiger partial charge is 0.115 e. The average molecular weight is 163 g/mol. The molecule has 1 aromatic rings. The van der Waals surface area contributed by atoms with Gasteiger partial charge in [0.1, 0.15) is 5.75 Å². The molecule has 1 unspecified atom stereocenters. The number of benzene rings is 1. The summed E-state index contributed by atoms with van der Waals surface area (Å²) in [6.45, 7) is 0.720. The van der Waals surface area contributed by atoms with Gasteiger partial charge in [0, 0.05) is 0 Å². The number of hydrogen-bond acceptors (Lipinski definition) is 2. The lowest BCUT2D eigenvalue weighted by atomic mass is 10.0. The Labute approximate surface area is 72.0 Å². The first-order chi connectivity index (χ1) is 5.81. The van der Waals surface area contributed by atoms with E-state index in [0.717, 1.165) is 19.4 Å². The number of phenols is 1. The first-order valence-corrected chi connectivity index (χ1v) is 4.33. The normalized spacial score (nSPS) is 20.9. The molecule has 1 aliphatic carbocycles. The minimum Gasteiger partial charge on any atom is -0.508 e. The van der Waals surface area contributed by atoms with E-state index in [1.54, 1.807) is 6.07 Å². The van der Waals surface area contributed by atoms with Crippen molar-refractivity contribution in [2.75, 3.05) is 6.54 Å². The molecule has 64 valence electrons. The maximum absolute atomic E-state index is 9.22. The van der Waals surface area contributed by atoms with Gasteiger partial charge >= 0.3 is 0 Å². The SMILES string of the molecule is NCC1CCc2cc(O)ccc21. The van der Waals surface area contributed by atoms with E-state index in [1.807, 2.05) is 12.1 Å². The highest BCUT2D eigenvalue weighted by atomic mass is 16.3. The van der Waals surface area contributed by atoms with Gasteiger partial charge in [-0.3, -0.25) is 0 Å². The molecule has 0 fully saturated rings. The second-order valence-electron chi connectivity index (χ2n) is 3.35. The molecule has 0 aliphatic heterocycles. The van der Waals surface area contributed by atoms with Crippen LogP contribution in [0.4, 0.5) is 0 Å². The Hall–Kier alpha value is -1.02. The van der Waals surface area contributed by atoms with Crippen molar-refractivity contribution < 1.29 is 5.11 Å². The summed E-state index contributed by atoms with van der Waals surface area (Å²) < 4.78 is 0. The van der Waals surface area contributed by atoms with Crippen LogP contribution >= 0.6 is 0 Å². The highest BCUT2D eigenvalue weighted by Gasteiger charge is 2.20. The molecule has 0 saturated heterocycles. The minimum atomic E-state index is 0.367. The van der Waals surface area contributed by atoms with Crippen molar-refractivity contribution in [1.82, 2.24) is 0 Å². The Morgan fingerprint density at radius 1 is 1.50 bits per heavy atom. The second kappa shape index (κ2) is 2.79. The second-order valence-corrected chi connectivity index (χ2v) is 3.35. The fourth-order valence-corrected chi connectivity index (χ4v) is 1.94. The van der Waals surface area contributed by atoms with Crippen LogP contribution in [0.1, 0.15) is 23.5 Å². The monoisotopic (exact) mass is 163 g/mol. The molecule has 1 aliphatic rings. The van der Waals surface area contributed by atoms with Gasteiger partial charge in [0.25, 0.3) is 0 Å². The summed E-state index contributed by atoms with van der Waals surface area (Å²) in [4.78, 5) is 0.